The van der Waals surface area contributed by atoms with Crippen LogP contribution in [0, 0.1) is 10.1 Å². The topological polar surface area (TPSA) is 93.5 Å². The Morgan fingerprint density at radius 2 is 2.05 bits per heavy atom. The molecule has 1 aromatic rings. The van der Waals surface area contributed by atoms with Crippen LogP contribution in [0.15, 0.2) is 35.7 Å². The first-order valence-electron chi connectivity index (χ1n) is 6.63. The molecule has 0 radical (unpaired) electrons. The summed E-state index contributed by atoms with van der Waals surface area (Å²) in [5.41, 5.74) is 1.08. The van der Waals surface area contributed by atoms with E-state index in [1.165, 1.54) is 19.1 Å². The van der Waals surface area contributed by atoms with E-state index in [4.69, 9.17) is 17.0 Å². The summed E-state index contributed by atoms with van der Waals surface area (Å²) < 4.78 is 5.45. The quantitative estimate of drug-likeness (QED) is 0.486. The Hall–Kier alpha value is -2.48. The first-order valence-corrected chi connectivity index (χ1v) is 7.04. The molecule has 0 aromatic heterocycles. The molecule has 0 bridgehead atoms. The van der Waals surface area contributed by atoms with E-state index in [0.29, 0.717) is 28.7 Å². The molecule has 0 amide bonds. The number of nitrogens with one attached hydrogen (secondary N) is 2. The van der Waals surface area contributed by atoms with Crippen LogP contribution in [0.3, 0.4) is 0 Å². The highest BCUT2D eigenvalue weighted by Gasteiger charge is 2.30. The molecule has 0 aliphatic carbocycles. The number of non-ortho nitro benzene ring substituents is 1. The number of nitro groups is 1. The number of rotatable bonds is 5. The van der Waals surface area contributed by atoms with Gasteiger partial charge in [-0.15, -0.1) is 0 Å². The molecule has 116 valence electrons. The Morgan fingerprint density at radius 1 is 1.41 bits per heavy atom. The van der Waals surface area contributed by atoms with Crippen molar-refractivity contribution in [3.63, 3.8) is 0 Å². The first kappa shape index (κ1) is 15.9. The van der Waals surface area contributed by atoms with E-state index < -0.39 is 11.0 Å². The zero-order chi connectivity index (χ0) is 16.3. The minimum atomic E-state index is -0.506. The van der Waals surface area contributed by atoms with E-state index in [1.807, 2.05) is 0 Å². The van der Waals surface area contributed by atoms with Crippen molar-refractivity contribution in [2.75, 3.05) is 6.61 Å². The number of thiocarbonyl (C=S) groups is 1. The van der Waals surface area contributed by atoms with Crippen molar-refractivity contribution < 1.29 is 14.5 Å². The van der Waals surface area contributed by atoms with Gasteiger partial charge in [-0.1, -0.05) is 0 Å². The summed E-state index contributed by atoms with van der Waals surface area (Å²) in [6.45, 7) is 3.62. The largest absolute Gasteiger partial charge is 0.479 e. The van der Waals surface area contributed by atoms with Crippen LogP contribution in [-0.4, -0.2) is 22.4 Å². The van der Waals surface area contributed by atoms with E-state index in [1.54, 1.807) is 19.1 Å². The molecule has 1 heterocycles. The number of ketones is 1. The Labute approximate surface area is 132 Å². The first-order chi connectivity index (χ1) is 10.4. The summed E-state index contributed by atoms with van der Waals surface area (Å²) in [5, 5.41) is 16.9. The molecule has 8 heteroatoms. The summed E-state index contributed by atoms with van der Waals surface area (Å²) in [6, 6.07) is 5.46. The maximum absolute atomic E-state index is 12.0. The highest BCUT2D eigenvalue weighted by Crippen LogP contribution is 2.28. The van der Waals surface area contributed by atoms with Gasteiger partial charge in [0.25, 0.3) is 5.69 Å². The maximum Gasteiger partial charge on any atom is 0.269 e. The molecule has 0 saturated carbocycles. The summed E-state index contributed by atoms with van der Waals surface area (Å²) in [7, 11) is 0. The van der Waals surface area contributed by atoms with Gasteiger partial charge in [0.15, 0.2) is 10.9 Å². The summed E-state index contributed by atoms with van der Waals surface area (Å²) in [6.07, 6.45) is 0. The second-order valence-corrected chi connectivity index (χ2v) is 5.02. The van der Waals surface area contributed by atoms with E-state index >= 15 is 0 Å². The average Bonchev–Trinajstić information content (AvgIpc) is 2.46. The monoisotopic (exact) mass is 321 g/mol. The number of hydrogen-bond acceptors (Lipinski definition) is 5. The molecule has 0 saturated heterocycles. The van der Waals surface area contributed by atoms with Crippen LogP contribution < -0.4 is 10.6 Å². The highest BCUT2D eigenvalue weighted by atomic mass is 32.1. The van der Waals surface area contributed by atoms with Crippen molar-refractivity contribution in [3.8, 4) is 0 Å². The van der Waals surface area contributed by atoms with Crippen molar-refractivity contribution in [3.05, 3.63) is 51.4 Å². The van der Waals surface area contributed by atoms with Crippen molar-refractivity contribution in [2.45, 2.75) is 19.9 Å². The third-order valence-electron chi connectivity index (χ3n) is 3.14. The number of Topliss-reactive ketones (excluding diaryl/α,β-unsaturated/α-hetero) is 1. The highest BCUT2D eigenvalue weighted by molar-refractivity contribution is 7.80. The van der Waals surface area contributed by atoms with E-state index in [0.717, 1.165) is 0 Å². The number of carbonyl (C=O) groups excluding carboxylic acids is 1. The predicted octanol–water partition coefficient (Wildman–Crippen LogP) is 1.95. The molecule has 2 rings (SSSR count). The molecule has 1 atom stereocenters. The summed E-state index contributed by atoms with van der Waals surface area (Å²) in [5.74, 6) is 0.149. The molecule has 1 aromatic carbocycles. The summed E-state index contributed by atoms with van der Waals surface area (Å²) in [4.78, 5) is 22.2. The third-order valence-corrected chi connectivity index (χ3v) is 3.36. The van der Waals surface area contributed by atoms with Gasteiger partial charge in [-0.2, -0.15) is 0 Å². The zero-order valence-corrected chi connectivity index (χ0v) is 12.9. The number of nitro benzene ring substituents is 1. The Balaban J connectivity index is 2.45. The lowest BCUT2D eigenvalue weighted by atomic mass is 9.95. The van der Waals surface area contributed by atoms with Crippen LogP contribution in [0.4, 0.5) is 5.69 Å². The second-order valence-electron chi connectivity index (χ2n) is 4.61. The molecule has 22 heavy (non-hydrogen) atoms. The number of ether oxygens (including phenoxy) is 1. The molecule has 1 aliphatic rings. The lowest BCUT2D eigenvalue weighted by Crippen LogP contribution is -2.45. The van der Waals surface area contributed by atoms with E-state index in [-0.39, 0.29) is 11.5 Å². The molecule has 0 spiro atoms. The predicted molar refractivity (Wildman–Crippen MR) is 84.0 cm³/mol. The summed E-state index contributed by atoms with van der Waals surface area (Å²) >= 11 is 5.12. The van der Waals surface area contributed by atoms with Gasteiger partial charge in [-0.25, -0.2) is 0 Å². The van der Waals surface area contributed by atoms with Gasteiger partial charge in [-0.3, -0.25) is 14.9 Å². The standard InChI is InChI=1S/C14H15N3O4S/c1-3-21-13-11(8(2)18)12(15-14(22)16-13)9-4-6-10(7-5-9)17(19)20/h4-7,12H,3H2,1-2H3,(H2,15,16,22). The molecule has 1 aliphatic heterocycles. The van der Waals surface area contributed by atoms with Crippen molar-refractivity contribution in [1.29, 1.82) is 0 Å². The van der Waals surface area contributed by atoms with Crippen LogP contribution in [-0.2, 0) is 9.53 Å². The molecule has 1 unspecified atom stereocenters. The van der Waals surface area contributed by atoms with Crippen LogP contribution >= 0.6 is 12.2 Å². The minimum absolute atomic E-state index is 0.0151. The van der Waals surface area contributed by atoms with E-state index in [9.17, 15) is 14.9 Å². The van der Waals surface area contributed by atoms with Crippen molar-refractivity contribution in [2.24, 2.45) is 0 Å². The van der Waals surface area contributed by atoms with Gasteiger partial charge >= 0.3 is 0 Å². The van der Waals surface area contributed by atoms with Crippen molar-refractivity contribution in [1.82, 2.24) is 10.6 Å². The molecule has 0 fully saturated rings. The lowest BCUT2D eigenvalue weighted by molar-refractivity contribution is -0.384. The molecule has 7 nitrogen and oxygen atoms in total. The Kier molecular flexibility index (Phi) is 4.71. The number of carbonyl (C=O) groups is 1. The number of hydrogen-bond donors (Lipinski definition) is 2. The number of nitrogens with zero attached hydrogens (tertiary/aromatic N) is 1. The SMILES string of the molecule is CCOC1=C(C(C)=O)C(c2ccc([N+](=O)[O-])cc2)NC(=S)N1. The van der Waals surface area contributed by atoms with Crippen molar-refractivity contribution >= 4 is 28.8 Å². The Bertz CT molecular complexity index is 655. The third kappa shape index (κ3) is 3.22. The minimum Gasteiger partial charge on any atom is -0.479 e. The molecular weight excluding hydrogens is 306 g/mol. The maximum atomic E-state index is 12.0. The fourth-order valence-electron chi connectivity index (χ4n) is 2.20. The van der Waals surface area contributed by atoms with Gasteiger partial charge in [-0.05, 0) is 43.8 Å². The molecule has 2 N–H and O–H groups in total. The van der Waals surface area contributed by atoms with Crippen LogP contribution in [0.5, 0.6) is 0 Å². The lowest BCUT2D eigenvalue weighted by Gasteiger charge is -2.30. The Morgan fingerprint density at radius 3 is 2.55 bits per heavy atom. The van der Waals surface area contributed by atoms with Gasteiger partial charge in [0.2, 0.25) is 5.88 Å². The normalized spacial score (nSPS) is 17.5. The van der Waals surface area contributed by atoms with Crippen LogP contribution in [0.1, 0.15) is 25.5 Å². The smallest absolute Gasteiger partial charge is 0.269 e. The van der Waals surface area contributed by atoms with Crippen LogP contribution in [0.2, 0.25) is 0 Å². The van der Waals surface area contributed by atoms with Gasteiger partial charge in [0.05, 0.1) is 23.1 Å². The number of benzene rings is 1. The average molecular weight is 321 g/mol. The fourth-order valence-corrected chi connectivity index (χ4v) is 2.41. The fraction of sp³-hybridized carbons (Fsp3) is 0.286. The van der Waals surface area contributed by atoms with Gasteiger partial charge in [0, 0.05) is 12.1 Å². The van der Waals surface area contributed by atoms with Gasteiger partial charge < -0.3 is 15.4 Å². The van der Waals surface area contributed by atoms with E-state index in [2.05, 4.69) is 10.6 Å². The molecular formula is C14H15N3O4S. The van der Waals surface area contributed by atoms with Gasteiger partial charge in [0.1, 0.15) is 0 Å². The second kappa shape index (κ2) is 6.52. The van der Waals surface area contributed by atoms with Crippen LogP contribution in [0.25, 0.3) is 0 Å². The zero-order valence-electron chi connectivity index (χ0n) is 12.1.